The SMILES string of the molecule is CC(=O)N(c1ccccc1)c1nc(CSc2n[nH]c(COc3ccc(Cl)cc3)n2)cs1. The minimum atomic E-state index is -0.0842. The van der Waals surface area contributed by atoms with Crippen LogP contribution < -0.4 is 9.64 Å². The predicted molar refractivity (Wildman–Crippen MR) is 123 cm³/mol. The number of nitrogens with one attached hydrogen (secondary N) is 1. The zero-order valence-electron chi connectivity index (χ0n) is 16.5. The Morgan fingerprint density at radius 1 is 1.16 bits per heavy atom. The van der Waals surface area contributed by atoms with Gasteiger partial charge in [-0.3, -0.25) is 14.8 Å². The molecule has 0 unspecified atom stereocenters. The lowest BCUT2D eigenvalue weighted by molar-refractivity contribution is -0.115. The fraction of sp³-hybridized carbons (Fsp3) is 0.143. The van der Waals surface area contributed by atoms with Crippen molar-refractivity contribution in [2.24, 2.45) is 0 Å². The molecule has 0 fully saturated rings. The molecule has 0 bridgehead atoms. The number of thiazole rings is 1. The minimum absolute atomic E-state index is 0.0842. The first-order valence-corrected chi connectivity index (χ1v) is 11.6. The van der Waals surface area contributed by atoms with Crippen molar-refractivity contribution in [1.82, 2.24) is 20.2 Å². The Morgan fingerprint density at radius 3 is 2.68 bits per heavy atom. The normalized spacial score (nSPS) is 10.8. The van der Waals surface area contributed by atoms with Gasteiger partial charge in [-0.2, -0.15) is 0 Å². The molecule has 4 aromatic rings. The highest BCUT2D eigenvalue weighted by molar-refractivity contribution is 7.98. The summed E-state index contributed by atoms with van der Waals surface area (Å²) in [7, 11) is 0. The lowest BCUT2D eigenvalue weighted by atomic mass is 10.3. The van der Waals surface area contributed by atoms with Crippen molar-refractivity contribution in [2.75, 3.05) is 4.90 Å². The number of amides is 1. The van der Waals surface area contributed by atoms with E-state index < -0.39 is 0 Å². The Hall–Kier alpha value is -2.88. The van der Waals surface area contributed by atoms with Gasteiger partial charge in [0.05, 0.1) is 11.4 Å². The predicted octanol–water partition coefficient (Wildman–Crippen LogP) is 5.47. The molecule has 0 atom stereocenters. The van der Waals surface area contributed by atoms with Crippen molar-refractivity contribution in [3.63, 3.8) is 0 Å². The smallest absolute Gasteiger partial charge is 0.230 e. The van der Waals surface area contributed by atoms with Crippen molar-refractivity contribution in [3.8, 4) is 5.75 Å². The number of carbonyl (C=O) groups excluding carboxylic acids is 1. The Balaban J connectivity index is 1.34. The number of halogens is 1. The van der Waals surface area contributed by atoms with Gasteiger partial charge in [-0.05, 0) is 36.4 Å². The lowest BCUT2D eigenvalue weighted by Crippen LogP contribution is -2.22. The van der Waals surface area contributed by atoms with E-state index in [9.17, 15) is 4.79 Å². The molecular formula is C21H18ClN5O2S2. The molecule has 0 saturated carbocycles. The van der Waals surface area contributed by atoms with Gasteiger partial charge >= 0.3 is 0 Å². The molecule has 1 amide bonds. The number of hydrogen-bond donors (Lipinski definition) is 1. The molecule has 1 N–H and O–H groups in total. The van der Waals surface area contributed by atoms with Gasteiger partial charge in [0.2, 0.25) is 11.1 Å². The third-order valence-electron chi connectivity index (χ3n) is 4.11. The highest BCUT2D eigenvalue weighted by atomic mass is 35.5. The summed E-state index contributed by atoms with van der Waals surface area (Å²) in [4.78, 5) is 22.8. The largest absolute Gasteiger partial charge is 0.486 e. The van der Waals surface area contributed by atoms with Gasteiger partial charge in [-0.15, -0.1) is 16.4 Å². The van der Waals surface area contributed by atoms with Gasteiger partial charge < -0.3 is 4.74 Å². The van der Waals surface area contributed by atoms with E-state index >= 15 is 0 Å². The average Bonchev–Trinajstić information content (AvgIpc) is 3.42. The fourth-order valence-electron chi connectivity index (χ4n) is 2.70. The van der Waals surface area contributed by atoms with Crippen LogP contribution in [0.5, 0.6) is 5.75 Å². The number of H-pyrrole nitrogens is 1. The molecule has 0 aliphatic rings. The molecule has 2 aromatic carbocycles. The van der Waals surface area contributed by atoms with E-state index in [4.69, 9.17) is 16.3 Å². The second-order valence-electron chi connectivity index (χ2n) is 6.41. The van der Waals surface area contributed by atoms with Crippen LogP contribution in [0.1, 0.15) is 18.4 Å². The molecular weight excluding hydrogens is 454 g/mol. The van der Waals surface area contributed by atoms with E-state index in [-0.39, 0.29) is 12.5 Å². The summed E-state index contributed by atoms with van der Waals surface area (Å²) in [6.45, 7) is 1.81. The quantitative estimate of drug-likeness (QED) is 0.343. The molecule has 0 radical (unpaired) electrons. The van der Waals surface area contributed by atoms with Gasteiger partial charge in [0.25, 0.3) is 0 Å². The van der Waals surface area contributed by atoms with Gasteiger partial charge in [0.1, 0.15) is 12.4 Å². The standard InChI is InChI=1S/C21H18ClN5O2S2/c1-14(28)27(17-5-3-2-4-6-17)21-23-16(13-31-21)12-30-20-24-19(25-26-20)11-29-18-9-7-15(22)8-10-18/h2-10,13H,11-12H2,1H3,(H,24,25,26). The second kappa shape index (κ2) is 9.95. The molecule has 0 aliphatic heterocycles. The van der Waals surface area contributed by atoms with E-state index in [2.05, 4.69) is 20.2 Å². The highest BCUT2D eigenvalue weighted by Crippen LogP contribution is 2.30. The van der Waals surface area contributed by atoms with Crippen LogP contribution in [-0.2, 0) is 17.2 Å². The molecule has 7 nitrogen and oxygen atoms in total. The van der Waals surface area contributed by atoms with Crippen LogP contribution in [0.25, 0.3) is 0 Å². The number of para-hydroxylation sites is 1. The maximum Gasteiger partial charge on any atom is 0.230 e. The maximum absolute atomic E-state index is 12.2. The van der Waals surface area contributed by atoms with Crippen LogP contribution in [0.3, 0.4) is 0 Å². The van der Waals surface area contributed by atoms with E-state index in [1.807, 2.05) is 35.7 Å². The molecule has 2 aromatic heterocycles. The fourth-order valence-corrected chi connectivity index (χ4v) is 4.53. The zero-order chi connectivity index (χ0) is 21.6. The Labute approximate surface area is 192 Å². The van der Waals surface area contributed by atoms with Crippen LogP contribution in [0, 0.1) is 0 Å². The van der Waals surface area contributed by atoms with E-state index in [1.165, 1.54) is 30.0 Å². The number of aromatic amines is 1. The number of ether oxygens (including phenoxy) is 1. The van der Waals surface area contributed by atoms with Gasteiger partial charge in [0.15, 0.2) is 11.0 Å². The first-order chi connectivity index (χ1) is 15.1. The highest BCUT2D eigenvalue weighted by Gasteiger charge is 2.18. The molecule has 4 rings (SSSR count). The summed E-state index contributed by atoms with van der Waals surface area (Å²) in [6, 6.07) is 16.6. The summed E-state index contributed by atoms with van der Waals surface area (Å²) in [5.74, 6) is 1.84. The van der Waals surface area contributed by atoms with Crippen LogP contribution in [0.15, 0.2) is 65.1 Å². The molecule has 10 heteroatoms. The number of aromatic nitrogens is 4. The second-order valence-corrected chi connectivity index (χ2v) is 8.62. The first kappa shape index (κ1) is 21.4. The van der Waals surface area contributed by atoms with Crippen LogP contribution >= 0.6 is 34.7 Å². The van der Waals surface area contributed by atoms with Crippen LogP contribution in [0.4, 0.5) is 10.8 Å². The number of thioether (sulfide) groups is 1. The van der Waals surface area contributed by atoms with Crippen LogP contribution in [-0.4, -0.2) is 26.1 Å². The van der Waals surface area contributed by atoms with Crippen molar-refractivity contribution in [2.45, 2.75) is 24.4 Å². The van der Waals surface area contributed by atoms with Crippen molar-refractivity contribution in [3.05, 3.63) is 76.5 Å². The molecule has 31 heavy (non-hydrogen) atoms. The third-order valence-corrected chi connectivity index (χ3v) is 6.12. The minimum Gasteiger partial charge on any atom is -0.486 e. The summed E-state index contributed by atoms with van der Waals surface area (Å²) in [5.41, 5.74) is 1.65. The van der Waals surface area contributed by atoms with Gasteiger partial charge in [0, 0.05) is 23.1 Å². The number of carbonyl (C=O) groups is 1. The van der Waals surface area contributed by atoms with E-state index in [1.54, 1.807) is 29.2 Å². The van der Waals surface area contributed by atoms with Gasteiger partial charge in [-0.25, -0.2) is 9.97 Å². The van der Waals surface area contributed by atoms with E-state index in [0.717, 1.165) is 11.4 Å². The van der Waals surface area contributed by atoms with E-state index in [0.29, 0.717) is 32.6 Å². The summed E-state index contributed by atoms with van der Waals surface area (Å²) in [5, 5.41) is 10.9. The summed E-state index contributed by atoms with van der Waals surface area (Å²) < 4.78 is 5.67. The number of rotatable bonds is 8. The summed E-state index contributed by atoms with van der Waals surface area (Å²) >= 11 is 8.76. The Kier molecular flexibility index (Phi) is 6.86. The Morgan fingerprint density at radius 2 is 1.94 bits per heavy atom. The molecule has 0 aliphatic carbocycles. The molecule has 0 saturated heterocycles. The van der Waals surface area contributed by atoms with Gasteiger partial charge in [-0.1, -0.05) is 41.6 Å². The maximum atomic E-state index is 12.2. The number of hydrogen-bond acceptors (Lipinski definition) is 7. The van der Waals surface area contributed by atoms with Crippen molar-refractivity contribution < 1.29 is 9.53 Å². The Bertz CT molecular complexity index is 1150. The first-order valence-electron chi connectivity index (χ1n) is 9.31. The average molecular weight is 472 g/mol. The monoisotopic (exact) mass is 471 g/mol. The molecule has 158 valence electrons. The molecule has 0 spiro atoms. The van der Waals surface area contributed by atoms with Crippen molar-refractivity contribution >= 4 is 51.4 Å². The zero-order valence-corrected chi connectivity index (χ0v) is 18.9. The number of nitrogens with zero attached hydrogens (tertiary/aromatic N) is 4. The summed E-state index contributed by atoms with van der Waals surface area (Å²) in [6.07, 6.45) is 0. The third kappa shape index (κ3) is 5.63. The van der Waals surface area contributed by atoms with Crippen LogP contribution in [0.2, 0.25) is 5.02 Å². The number of anilines is 2. The number of benzene rings is 2. The topological polar surface area (TPSA) is 84.0 Å². The molecule has 2 heterocycles. The lowest BCUT2D eigenvalue weighted by Gasteiger charge is -2.17. The van der Waals surface area contributed by atoms with Crippen molar-refractivity contribution in [1.29, 1.82) is 0 Å².